The van der Waals surface area contributed by atoms with Crippen LogP contribution < -0.4 is 11.5 Å². The van der Waals surface area contributed by atoms with Gasteiger partial charge in [0, 0.05) is 22.8 Å². The van der Waals surface area contributed by atoms with Crippen molar-refractivity contribution < 1.29 is 4.79 Å². The first-order valence-corrected chi connectivity index (χ1v) is 8.02. The highest BCUT2D eigenvalue weighted by molar-refractivity contribution is 7.10. The Morgan fingerprint density at radius 3 is 2.90 bits per heavy atom. The van der Waals surface area contributed by atoms with E-state index in [2.05, 4.69) is 18.4 Å². The second kappa shape index (κ2) is 5.41. The van der Waals surface area contributed by atoms with Gasteiger partial charge in [-0.2, -0.15) is 0 Å². The van der Waals surface area contributed by atoms with Crippen molar-refractivity contribution in [2.45, 2.75) is 25.8 Å². The van der Waals surface area contributed by atoms with Crippen molar-refractivity contribution in [3.05, 3.63) is 45.6 Å². The van der Waals surface area contributed by atoms with Gasteiger partial charge in [-0.3, -0.25) is 4.79 Å². The van der Waals surface area contributed by atoms with Crippen LogP contribution in [0.5, 0.6) is 0 Å². The van der Waals surface area contributed by atoms with Crippen molar-refractivity contribution >= 4 is 28.6 Å². The molecule has 4 N–H and O–H groups in total. The number of amides is 1. The summed E-state index contributed by atoms with van der Waals surface area (Å²) in [6.45, 7) is 2.86. The van der Waals surface area contributed by atoms with Crippen LogP contribution in [0.15, 0.2) is 29.6 Å². The normalized spacial score (nSPS) is 17.6. The van der Waals surface area contributed by atoms with Gasteiger partial charge in [-0.05, 0) is 48.1 Å². The van der Waals surface area contributed by atoms with E-state index in [0.29, 0.717) is 16.9 Å². The number of nitrogens with zero attached hydrogens (tertiary/aromatic N) is 1. The second-order valence-corrected chi connectivity index (χ2v) is 6.32. The van der Waals surface area contributed by atoms with Crippen molar-refractivity contribution in [1.82, 2.24) is 4.90 Å². The molecule has 0 aliphatic carbocycles. The summed E-state index contributed by atoms with van der Waals surface area (Å²) >= 11 is 1.78. The number of hydrogen-bond donors (Lipinski definition) is 2. The molecule has 2 aromatic rings. The number of anilines is 2. The Morgan fingerprint density at radius 2 is 2.19 bits per heavy atom. The summed E-state index contributed by atoms with van der Waals surface area (Å²) in [6, 6.07) is 7.38. The number of nitrogen functional groups attached to an aromatic ring is 2. The molecule has 1 aromatic heterocycles. The molecule has 0 spiro atoms. The van der Waals surface area contributed by atoms with Crippen molar-refractivity contribution in [2.24, 2.45) is 0 Å². The first-order valence-electron chi connectivity index (χ1n) is 7.14. The number of fused-ring (bicyclic) bond motifs is 1. The minimum atomic E-state index is -0.00352. The van der Waals surface area contributed by atoms with Crippen LogP contribution in [0.2, 0.25) is 0 Å². The minimum absolute atomic E-state index is 0.00352. The van der Waals surface area contributed by atoms with E-state index in [0.717, 1.165) is 19.4 Å². The maximum Gasteiger partial charge on any atom is 0.256 e. The monoisotopic (exact) mass is 301 g/mol. The van der Waals surface area contributed by atoms with E-state index >= 15 is 0 Å². The fourth-order valence-electron chi connectivity index (χ4n) is 3.01. The van der Waals surface area contributed by atoms with Crippen molar-refractivity contribution in [3.63, 3.8) is 0 Å². The molecule has 0 radical (unpaired) electrons. The zero-order valence-electron chi connectivity index (χ0n) is 12.0. The van der Waals surface area contributed by atoms with Crippen LogP contribution in [0.4, 0.5) is 11.4 Å². The summed E-state index contributed by atoms with van der Waals surface area (Å²) in [6.07, 6.45) is 1.83. The van der Waals surface area contributed by atoms with Crippen LogP contribution in [0.25, 0.3) is 0 Å². The van der Waals surface area contributed by atoms with E-state index in [1.165, 1.54) is 10.4 Å². The third-order valence-electron chi connectivity index (χ3n) is 4.05. The molecule has 1 aliphatic heterocycles. The van der Waals surface area contributed by atoms with Crippen LogP contribution in [-0.2, 0) is 6.42 Å². The molecular weight excluding hydrogens is 282 g/mol. The van der Waals surface area contributed by atoms with E-state index in [-0.39, 0.29) is 11.9 Å². The van der Waals surface area contributed by atoms with Crippen LogP contribution in [0.3, 0.4) is 0 Å². The first-order chi connectivity index (χ1) is 10.1. The number of thiophene rings is 1. The van der Waals surface area contributed by atoms with Crippen LogP contribution >= 0.6 is 11.3 Å². The van der Waals surface area contributed by atoms with E-state index in [9.17, 15) is 4.79 Å². The molecule has 3 rings (SSSR count). The summed E-state index contributed by atoms with van der Waals surface area (Å²) in [5, 5.41) is 2.11. The van der Waals surface area contributed by atoms with Gasteiger partial charge in [-0.25, -0.2) is 0 Å². The van der Waals surface area contributed by atoms with Crippen molar-refractivity contribution in [3.8, 4) is 0 Å². The van der Waals surface area contributed by atoms with Crippen molar-refractivity contribution in [1.29, 1.82) is 0 Å². The Bertz CT molecular complexity index is 680. The molecule has 1 unspecified atom stereocenters. The summed E-state index contributed by atoms with van der Waals surface area (Å²) in [7, 11) is 0. The standard InChI is InChI=1S/C16H19N3OS/c1-2-14-12-6-8-21-15(12)5-7-19(14)16(20)11-4-3-10(17)9-13(11)18/h3-4,6,8-9,14H,2,5,7,17-18H2,1H3. The summed E-state index contributed by atoms with van der Waals surface area (Å²) in [5.41, 5.74) is 14.5. The molecule has 0 fully saturated rings. The van der Waals surface area contributed by atoms with Crippen molar-refractivity contribution in [2.75, 3.05) is 18.0 Å². The second-order valence-electron chi connectivity index (χ2n) is 5.32. The summed E-state index contributed by atoms with van der Waals surface area (Å²) < 4.78 is 0. The van der Waals surface area contributed by atoms with Crippen LogP contribution in [0, 0.1) is 0 Å². The molecule has 2 heterocycles. The number of hydrogen-bond acceptors (Lipinski definition) is 4. The van der Waals surface area contributed by atoms with E-state index in [4.69, 9.17) is 11.5 Å². The predicted octanol–water partition coefficient (Wildman–Crippen LogP) is 3.06. The fourth-order valence-corrected chi connectivity index (χ4v) is 3.94. The van der Waals surface area contributed by atoms with Gasteiger partial charge >= 0.3 is 0 Å². The van der Waals surface area contributed by atoms with Gasteiger partial charge in [-0.1, -0.05) is 6.92 Å². The van der Waals surface area contributed by atoms with E-state index in [1.807, 2.05) is 4.90 Å². The summed E-state index contributed by atoms with van der Waals surface area (Å²) in [5.74, 6) is -0.00352. The maximum absolute atomic E-state index is 12.8. The van der Waals surface area contributed by atoms with Gasteiger partial charge in [0.25, 0.3) is 5.91 Å². The highest BCUT2D eigenvalue weighted by Gasteiger charge is 2.31. The van der Waals surface area contributed by atoms with Gasteiger partial charge in [0.2, 0.25) is 0 Å². The van der Waals surface area contributed by atoms with Crippen LogP contribution in [0.1, 0.15) is 40.2 Å². The van der Waals surface area contributed by atoms with Gasteiger partial charge in [0.1, 0.15) is 0 Å². The average Bonchev–Trinajstić information content (AvgIpc) is 2.94. The molecule has 1 amide bonds. The molecule has 4 nitrogen and oxygen atoms in total. The Kier molecular flexibility index (Phi) is 3.59. The quantitative estimate of drug-likeness (QED) is 0.837. The predicted molar refractivity (Wildman–Crippen MR) is 87.4 cm³/mol. The number of rotatable bonds is 2. The molecule has 0 bridgehead atoms. The lowest BCUT2D eigenvalue weighted by molar-refractivity contribution is 0.0658. The average molecular weight is 301 g/mol. The topological polar surface area (TPSA) is 72.3 Å². The number of benzene rings is 1. The number of nitrogens with two attached hydrogens (primary N) is 2. The Morgan fingerprint density at radius 1 is 1.38 bits per heavy atom. The Labute approximate surface area is 128 Å². The highest BCUT2D eigenvalue weighted by Crippen LogP contribution is 2.36. The molecule has 21 heavy (non-hydrogen) atoms. The summed E-state index contributed by atoms with van der Waals surface area (Å²) in [4.78, 5) is 16.2. The molecule has 1 atom stereocenters. The zero-order valence-corrected chi connectivity index (χ0v) is 12.8. The molecule has 0 saturated heterocycles. The van der Waals surface area contributed by atoms with E-state index < -0.39 is 0 Å². The maximum atomic E-state index is 12.8. The van der Waals surface area contributed by atoms with Crippen LogP contribution in [-0.4, -0.2) is 17.4 Å². The largest absolute Gasteiger partial charge is 0.399 e. The molecule has 1 aliphatic rings. The van der Waals surface area contributed by atoms with Gasteiger partial charge < -0.3 is 16.4 Å². The lowest BCUT2D eigenvalue weighted by Gasteiger charge is -2.35. The van der Waals surface area contributed by atoms with Gasteiger partial charge in [0.15, 0.2) is 0 Å². The minimum Gasteiger partial charge on any atom is -0.399 e. The van der Waals surface area contributed by atoms with E-state index in [1.54, 1.807) is 29.5 Å². The highest BCUT2D eigenvalue weighted by atomic mass is 32.1. The first kappa shape index (κ1) is 13.9. The smallest absolute Gasteiger partial charge is 0.256 e. The third kappa shape index (κ3) is 2.38. The SMILES string of the molecule is CCC1c2ccsc2CCN1C(=O)c1ccc(N)cc1N. The molecule has 110 valence electrons. The number of carbonyl (C=O) groups excluding carboxylic acids is 1. The molecule has 0 saturated carbocycles. The Hall–Kier alpha value is -2.01. The van der Waals surface area contributed by atoms with Gasteiger partial charge in [0.05, 0.1) is 11.6 Å². The molecular formula is C16H19N3OS. The lowest BCUT2D eigenvalue weighted by Crippen LogP contribution is -2.39. The number of carbonyl (C=O) groups is 1. The van der Waals surface area contributed by atoms with Gasteiger partial charge in [-0.15, -0.1) is 11.3 Å². The third-order valence-corrected chi connectivity index (χ3v) is 5.04. The fraction of sp³-hybridized carbons (Fsp3) is 0.312. The Balaban J connectivity index is 1.94. The lowest BCUT2D eigenvalue weighted by atomic mass is 9.96. The molecule has 1 aromatic carbocycles. The molecule has 5 heteroatoms. The zero-order chi connectivity index (χ0) is 15.0.